The van der Waals surface area contributed by atoms with Crippen molar-refractivity contribution in [3.63, 3.8) is 0 Å². The van der Waals surface area contributed by atoms with Crippen LogP contribution in [0.5, 0.6) is 0 Å². The molecule has 6 rings (SSSR count). The number of carboxylic acid groups (broad SMARTS) is 1. The molecular formula is C32H32N4O4S. The number of thiophene rings is 1. The molecule has 2 heterocycles. The number of hydrogen-bond donors (Lipinski definition) is 3. The first kappa shape index (κ1) is 27.0. The number of anilines is 1. The first-order chi connectivity index (χ1) is 19.9. The topological polar surface area (TPSA) is 113 Å². The average molecular weight is 569 g/mol. The number of nitrogens with one attached hydrogen (secondary N) is 2. The van der Waals surface area contributed by atoms with Crippen LogP contribution in [0.3, 0.4) is 0 Å². The SMILES string of the molecule is O=C(O)/C=C/c1ccc(NC(=O)C2(NC(=O)c3ccc4c(c3)nc(-c3ccsc3)n4C3CCCCC3)CCC2)cc1. The number of amides is 2. The number of nitrogens with zero attached hydrogens (tertiary/aromatic N) is 2. The second-order valence-electron chi connectivity index (χ2n) is 11.0. The summed E-state index contributed by atoms with van der Waals surface area (Å²) in [7, 11) is 0. The first-order valence-corrected chi connectivity index (χ1v) is 15.1. The molecule has 2 aliphatic carbocycles. The van der Waals surface area contributed by atoms with E-state index in [-0.39, 0.29) is 11.8 Å². The van der Waals surface area contributed by atoms with Crippen molar-refractivity contribution in [1.29, 1.82) is 0 Å². The highest BCUT2D eigenvalue weighted by atomic mass is 32.1. The average Bonchev–Trinajstić information content (AvgIpc) is 3.62. The van der Waals surface area contributed by atoms with E-state index in [1.54, 1.807) is 35.6 Å². The molecule has 0 unspecified atom stereocenters. The minimum Gasteiger partial charge on any atom is -0.478 e. The van der Waals surface area contributed by atoms with E-state index in [0.717, 1.165) is 47.8 Å². The number of aliphatic carboxylic acids is 1. The van der Waals surface area contributed by atoms with Crippen molar-refractivity contribution in [3.05, 3.63) is 76.5 Å². The molecule has 8 nitrogen and oxygen atoms in total. The molecule has 0 atom stereocenters. The Bertz CT molecular complexity index is 1610. The maximum atomic E-state index is 13.5. The van der Waals surface area contributed by atoms with Gasteiger partial charge < -0.3 is 20.3 Å². The lowest BCUT2D eigenvalue weighted by atomic mass is 9.75. The lowest BCUT2D eigenvalue weighted by Gasteiger charge is -2.40. The van der Waals surface area contributed by atoms with Crippen LogP contribution in [0.25, 0.3) is 28.5 Å². The Kier molecular flexibility index (Phi) is 7.45. The normalized spacial score (nSPS) is 16.9. The number of fused-ring (bicyclic) bond motifs is 1. The maximum absolute atomic E-state index is 13.5. The van der Waals surface area contributed by atoms with E-state index in [2.05, 4.69) is 32.0 Å². The van der Waals surface area contributed by atoms with Gasteiger partial charge in [0.25, 0.3) is 5.91 Å². The van der Waals surface area contributed by atoms with E-state index in [0.29, 0.717) is 35.7 Å². The van der Waals surface area contributed by atoms with Gasteiger partial charge in [0.15, 0.2) is 0 Å². The second-order valence-corrected chi connectivity index (χ2v) is 11.7. The zero-order valence-corrected chi connectivity index (χ0v) is 23.5. The smallest absolute Gasteiger partial charge is 0.328 e. The predicted molar refractivity (Wildman–Crippen MR) is 161 cm³/mol. The Morgan fingerprint density at radius 1 is 1.00 bits per heavy atom. The molecule has 0 spiro atoms. The van der Waals surface area contributed by atoms with Gasteiger partial charge in [0, 0.05) is 34.3 Å². The number of carbonyl (C=O) groups is 3. The highest BCUT2D eigenvalue weighted by Crippen LogP contribution is 2.37. The highest BCUT2D eigenvalue weighted by Gasteiger charge is 2.45. The largest absolute Gasteiger partial charge is 0.478 e. The third-order valence-electron chi connectivity index (χ3n) is 8.25. The fourth-order valence-electron chi connectivity index (χ4n) is 5.87. The third kappa shape index (κ3) is 5.54. The molecule has 3 N–H and O–H groups in total. The van der Waals surface area contributed by atoms with Crippen molar-refractivity contribution >= 4 is 51.9 Å². The minimum atomic E-state index is -1.02. The van der Waals surface area contributed by atoms with Gasteiger partial charge in [-0.1, -0.05) is 31.4 Å². The summed E-state index contributed by atoms with van der Waals surface area (Å²) in [4.78, 5) is 42.5. The van der Waals surface area contributed by atoms with E-state index < -0.39 is 11.5 Å². The van der Waals surface area contributed by atoms with Crippen molar-refractivity contribution in [2.24, 2.45) is 0 Å². The number of benzene rings is 2. The van der Waals surface area contributed by atoms with Gasteiger partial charge in [-0.25, -0.2) is 9.78 Å². The summed E-state index contributed by atoms with van der Waals surface area (Å²) in [6.45, 7) is 0. The van der Waals surface area contributed by atoms with E-state index in [1.165, 1.54) is 25.3 Å². The lowest BCUT2D eigenvalue weighted by molar-refractivity contribution is -0.131. The monoisotopic (exact) mass is 568 g/mol. The molecule has 0 radical (unpaired) electrons. The summed E-state index contributed by atoms with van der Waals surface area (Å²) >= 11 is 1.65. The van der Waals surface area contributed by atoms with E-state index >= 15 is 0 Å². The number of hydrogen-bond acceptors (Lipinski definition) is 5. The van der Waals surface area contributed by atoms with Crippen LogP contribution in [-0.2, 0) is 9.59 Å². The molecule has 2 aliphatic rings. The highest BCUT2D eigenvalue weighted by molar-refractivity contribution is 7.08. The van der Waals surface area contributed by atoms with Crippen LogP contribution in [-0.4, -0.2) is 38.0 Å². The van der Waals surface area contributed by atoms with Crippen molar-refractivity contribution in [2.75, 3.05) is 5.32 Å². The summed E-state index contributed by atoms with van der Waals surface area (Å²) in [6.07, 6.45) is 10.5. The van der Waals surface area contributed by atoms with Crippen molar-refractivity contribution < 1.29 is 19.5 Å². The van der Waals surface area contributed by atoms with Crippen molar-refractivity contribution in [1.82, 2.24) is 14.9 Å². The number of aromatic nitrogens is 2. The molecule has 2 aromatic carbocycles. The molecule has 210 valence electrons. The van der Waals surface area contributed by atoms with Gasteiger partial charge in [-0.15, -0.1) is 0 Å². The van der Waals surface area contributed by atoms with Gasteiger partial charge in [0.05, 0.1) is 11.0 Å². The van der Waals surface area contributed by atoms with Crippen LogP contribution in [0.4, 0.5) is 5.69 Å². The Morgan fingerprint density at radius 2 is 1.78 bits per heavy atom. The van der Waals surface area contributed by atoms with Crippen LogP contribution in [0.2, 0.25) is 0 Å². The van der Waals surface area contributed by atoms with Gasteiger partial charge in [-0.2, -0.15) is 11.3 Å². The van der Waals surface area contributed by atoms with Crippen LogP contribution in [0.1, 0.15) is 73.3 Å². The molecule has 0 saturated heterocycles. The van der Waals surface area contributed by atoms with E-state index in [1.807, 2.05) is 18.2 Å². The van der Waals surface area contributed by atoms with Gasteiger partial charge in [0.2, 0.25) is 5.91 Å². The molecule has 41 heavy (non-hydrogen) atoms. The van der Waals surface area contributed by atoms with Gasteiger partial charge in [0.1, 0.15) is 11.4 Å². The molecule has 2 aromatic heterocycles. The number of carboxylic acids is 1. The minimum absolute atomic E-state index is 0.256. The van der Waals surface area contributed by atoms with Crippen LogP contribution in [0.15, 0.2) is 65.4 Å². The van der Waals surface area contributed by atoms with Crippen LogP contribution >= 0.6 is 11.3 Å². The third-order valence-corrected chi connectivity index (χ3v) is 8.94. The van der Waals surface area contributed by atoms with E-state index in [4.69, 9.17) is 10.1 Å². The van der Waals surface area contributed by atoms with Crippen LogP contribution < -0.4 is 10.6 Å². The molecule has 0 aliphatic heterocycles. The molecule has 2 saturated carbocycles. The fraction of sp³-hybridized carbons (Fsp3) is 0.312. The van der Waals surface area contributed by atoms with E-state index in [9.17, 15) is 14.4 Å². The summed E-state index contributed by atoms with van der Waals surface area (Å²) in [5.41, 5.74) is 3.72. The molecule has 4 aromatic rings. The Hall–Kier alpha value is -4.24. The van der Waals surface area contributed by atoms with Crippen LogP contribution in [0, 0.1) is 0 Å². The molecule has 2 fully saturated rings. The van der Waals surface area contributed by atoms with Gasteiger partial charge in [-0.05, 0) is 85.5 Å². The Balaban J connectivity index is 1.21. The second kappa shape index (κ2) is 11.3. The van der Waals surface area contributed by atoms with Crippen molar-refractivity contribution in [2.45, 2.75) is 62.9 Å². The summed E-state index contributed by atoms with van der Waals surface area (Å²) in [5.74, 6) is -0.622. The number of imidazole rings is 1. The summed E-state index contributed by atoms with van der Waals surface area (Å²) < 4.78 is 2.36. The Labute approximate surface area is 242 Å². The lowest BCUT2D eigenvalue weighted by Crippen LogP contribution is -2.61. The fourth-order valence-corrected chi connectivity index (χ4v) is 6.50. The number of carbonyl (C=O) groups excluding carboxylic acids is 2. The summed E-state index contributed by atoms with van der Waals surface area (Å²) in [5, 5.41) is 18.9. The molecular weight excluding hydrogens is 536 g/mol. The van der Waals surface area contributed by atoms with Crippen molar-refractivity contribution in [3.8, 4) is 11.4 Å². The first-order valence-electron chi connectivity index (χ1n) is 14.1. The standard InChI is InChI=1S/C32H32N4O4S/c37-28(38)14-9-21-7-11-24(12-8-21)33-31(40)32(16-4-17-32)35-30(39)22-10-13-27-26(19-22)34-29(23-15-18-41-20-23)36(27)25-5-2-1-3-6-25/h7-15,18-20,25H,1-6,16-17H2,(H,33,40)(H,35,39)(H,37,38)/b14-9+. The maximum Gasteiger partial charge on any atom is 0.328 e. The number of rotatable bonds is 8. The molecule has 0 bridgehead atoms. The molecule has 9 heteroatoms. The Morgan fingerprint density at radius 3 is 2.44 bits per heavy atom. The summed E-state index contributed by atoms with van der Waals surface area (Å²) in [6, 6.07) is 15.1. The molecule has 2 amide bonds. The van der Waals surface area contributed by atoms with Gasteiger partial charge in [-0.3, -0.25) is 9.59 Å². The van der Waals surface area contributed by atoms with Gasteiger partial charge >= 0.3 is 5.97 Å². The predicted octanol–water partition coefficient (Wildman–Crippen LogP) is 6.66. The quantitative estimate of drug-likeness (QED) is 0.206. The zero-order valence-electron chi connectivity index (χ0n) is 22.6. The zero-order chi connectivity index (χ0) is 28.4.